The molecule has 4 heteroatoms. The molecule has 20 heavy (non-hydrogen) atoms. The predicted octanol–water partition coefficient (Wildman–Crippen LogP) is 1.90. The largest absolute Gasteiger partial charge is 0.465 e. The van der Waals surface area contributed by atoms with Crippen LogP contribution in [0.2, 0.25) is 0 Å². The number of methoxy groups -OCH3 is 1. The minimum atomic E-state index is -0.274. The number of ether oxygens (including phenoxy) is 1. The Labute approximate surface area is 121 Å². The van der Waals surface area contributed by atoms with Crippen molar-refractivity contribution < 1.29 is 9.53 Å². The number of likely N-dealkylation sites (tertiary alicyclic amines) is 1. The van der Waals surface area contributed by atoms with Gasteiger partial charge in [-0.1, -0.05) is 12.1 Å². The van der Waals surface area contributed by atoms with Gasteiger partial charge in [0.05, 0.1) is 12.7 Å². The van der Waals surface area contributed by atoms with Gasteiger partial charge < -0.3 is 10.1 Å². The van der Waals surface area contributed by atoms with Gasteiger partial charge in [0.2, 0.25) is 0 Å². The fourth-order valence-electron chi connectivity index (χ4n) is 2.76. The molecule has 0 amide bonds. The SMILES string of the molecule is CNCC1CCN(Cc2ccc(C(=O)OC)cc2)CC1. The summed E-state index contributed by atoms with van der Waals surface area (Å²) in [4.78, 5) is 13.9. The summed E-state index contributed by atoms with van der Waals surface area (Å²) in [6.45, 7) is 4.41. The minimum Gasteiger partial charge on any atom is -0.465 e. The van der Waals surface area contributed by atoms with Crippen molar-refractivity contribution in [1.29, 1.82) is 0 Å². The molecule has 0 atom stereocenters. The summed E-state index contributed by atoms with van der Waals surface area (Å²) in [5.41, 5.74) is 1.87. The molecule has 2 rings (SSSR count). The lowest BCUT2D eigenvalue weighted by atomic mass is 9.96. The summed E-state index contributed by atoms with van der Waals surface area (Å²) in [7, 11) is 3.43. The third kappa shape index (κ3) is 4.05. The first-order valence-corrected chi connectivity index (χ1v) is 7.27. The van der Waals surface area contributed by atoms with Crippen molar-refractivity contribution in [2.24, 2.45) is 5.92 Å². The highest BCUT2D eigenvalue weighted by molar-refractivity contribution is 5.89. The van der Waals surface area contributed by atoms with Crippen molar-refractivity contribution in [1.82, 2.24) is 10.2 Å². The second kappa shape index (κ2) is 7.41. The van der Waals surface area contributed by atoms with Crippen molar-refractivity contribution in [2.75, 3.05) is 33.8 Å². The molecule has 1 aliphatic rings. The van der Waals surface area contributed by atoms with Gasteiger partial charge in [-0.05, 0) is 63.1 Å². The average Bonchev–Trinajstić information content (AvgIpc) is 2.49. The van der Waals surface area contributed by atoms with Crippen molar-refractivity contribution in [3.05, 3.63) is 35.4 Å². The highest BCUT2D eigenvalue weighted by atomic mass is 16.5. The fourth-order valence-corrected chi connectivity index (χ4v) is 2.76. The molecule has 110 valence electrons. The molecule has 0 bridgehead atoms. The van der Waals surface area contributed by atoms with E-state index in [2.05, 4.69) is 10.2 Å². The van der Waals surface area contributed by atoms with Crippen molar-refractivity contribution in [2.45, 2.75) is 19.4 Å². The number of hydrogen-bond donors (Lipinski definition) is 1. The number of carbonyl (C=O) groups is 1. The number of esters is 1. The molecule has 0 unspecified atom stereocenters. The summed E-state index contributed by atoms with van der Waals surface area (Å²) >= 11 is 0. The number of nitrogens with zero attached hydrogens (tertiary/aromatic N) is 1. The standard InChI is InChI=1S/C16H24N2O2/c1-17-11-13-7-9-18(10-8-13)12-14-3-5-15(6-4-14)16(19)20-2/h3-6,13,17H,7-12H2,1-2H3. The van der Waals surface area contributed by atoms with Crippen molar-refractivity contribution in [3.63, 3.8) is 0 Å². The van der Waals surface area contributed by atoms with E-state index in [-0.39, 0.29) is 5.97 Å². The van der Waals surface area contributed by atoms with Crippen LogP contribution >= 0.6 is 0 Å². The van der Waals surface area contributed by atoms with Gasteiger partial charge in [0.1, 0.15) is 0 Å². The van der Waals surface area contributed by atoms with Crippen LogP contribution in [0.1, 0.15) is 28.8 Å². The molecule has 1 heterocycles. The highest BCUT2D eigenvalue weighted by Crippen LogP contribution is 2.18. The van der Waals surface area contributed by atoms with Gasteiger partial charge in [0.15, 0.2) is 0 Å². The van der Waals surface area contributed by atoms with Gasteiger partial charge >= 0.3 is 5.97 Å². The van der Waals surface area contributed by atoms with E-state index in [9.17, 15) is 4.79 Å². The van der Waals surface area contributed by atoms with Crippen molar-refractivity contribution >= 4 is 5.97 Å². The number of hydrogen-bond acceptors (Lipinski definition) is 4. The van der Waals surface area contributed by atoms with E-state index in [0.717, 1.165) is 32.1 Å². The first-order chi connectivity index (χ1) is 9.72. The maximum atomic E-state index is 11.4. The van der Waals surface area contributed by atoms with E-state index >= 15 is 0 Å². The summed E-state index contributed by atoms with van der Waals surface area (Å²) in [6, 6.07) is 7.72. The molecule has 1 aromatic carbocycles. The first kappa shape index (κ1) is 15.0. The second-order valence-electron chi connectivity index (χ2n) is 5.47. The average molecular weight is 276 g/mol. The van der Waals surface area contributed by atoms with E-state index in [0.29, 0.717) is 5.56 Å². The van der Waals surface area contributed by atoms with Gasteiger partial charge in [-0.2, -0.15) is 0 Å². The van der Waals surface area contributed by atoms with Gasteiger partial charge in [0, 0.05) is 6.54 Å². The van der Waals surface area contributed by atoms with E-state index < -0.39 is 0 Å². The molecule has 0 aliphatic carbocycles. The van der Waals surface area contributed by atoms with Crippen LogP contribution in [-0.4, -0.2) is 44.7 Å². The minimum absolute atomic E-state index is 0.274. The molecule has 1 fully saturated rings. The monoisotopic (exact) mass is 276 g/mol. The zero-order valence-electron chi connectivity index (χ0n) is 12.4. The third-order valence-corrected chi connectivity index (χ3v) is 3.98. The zero-order chi connectivity index (χ0) is 14.4. The molecule has 0 radical (unpaired) electrons. The fraction of sp³-hybridized carbons (Fsp3) is 0.562. The van der Waals surface area contributed by atoms with Crippen LogP contribution in [0.25, 0.3) is 0 Å². The number of carbonyl (C=O) groups excluding carboxylic acids is 1. The lowest BCUT2D eigenvalue weighted by Gasteiger charge is -2.31. The van der Waals surface area contributed by atoms with Crippen LogP contribution in [-0.2, 0) is 11.3 Å². The number of piperidine rings is 1. The predicted molar refractivity (Wildman–Crippen MR) is 79.7 cm³/mol. The van der Waals surface area contributed by atoms with Gasteiger partial charge in [-0.3, -0.25) is 4.90 Å². The Bertz CT molecular complexity index is 423. The molecular weight excluding hydrogens is 252 g/mol. The Hall–Kier alpha value is -1.39. The van der Waals surface area contributed by atoms with Crippen LogP contribution in [0.4, 0.5) is 0 Å². The van der Waals surface area contributed by atoms with Crippen LogP contribution < -0.4 is 5.32 Å². The summed E-state index contributed by atoms with van der Waals surface area (Å²) in [5.74, 6) is 0.544. The third-order valence-electron chi connectivity index (χ3n) is 3.98. The Balaban J connectivity index is 1.84. The molecule has 4 nitrogen and oxygen atoms in total. The molecule has 1 aliphatic heterocycles. The number of benzene rings is 1. The maximum absolute atomic E-state index is 11.4. The highest BCUT2D eigenvalue weighted by Gasteiger charge is 2.18. The molecule has 1 saturated heterocycles. The normalized spacial score (nSPS) is 17.1. The lowest BCUT2D eigenvalue weighted by molar-refractivity contribution is 0.0600. The van der Waals surface area contributed by atoms with Gasteiger partial charge in [-0.25, -0.2) is 4.79 Å². The maximum Gasteiger partial charge on any atom is 0.337 e. The van der Waals surface area contributed by atoms with Crippen LogP contribution in [0, 0.1) is 5.92 Å². The Kier molecular flexibility index (Phi) is 5.56. The molecule has 0 aromatic heterocycles. The Morgan fingerprint density at radius 3 is 2.50 bits per heavy atom. The van der Waals surface area contributed by atoms with Crippen LogP contribution in [0.5, 0.6) is 0 Å². The van der Waals surface area contributed by atoms with E-state index in [1.54, 1.807) is 0 Å². The summed E-state index contributed by atoms with van der Waals surface area (Å²) < 4.78 is 4.71. The molecule has 0 spiro atoms. The summed E-state index contributed by atoms with van der Waals surface area (Å²) in [6.07, 6.45) is 2.53. The van der Waals surface area contributed by atoms with Crippen LogP contribution in [0.15, 0.2) is 24.3 Å². The molecule has 0 saturated carbocycles. The number of rotatable bonds is 5. The van der Waals surface area contributed by atoms with Crippen molar-refractivity contribution in [3.8, 4) is 0 Å². The van der Waals surface area contributed by atoms with E-state index in [1.807, 2.05) is 31.3 Å². The second-order valence-corrected chi connectivity index (χ2v) is 5.47. The van der Waals surface area contributed by atoms with Crippen LogP contribution in [0.3, 0.4) is 0 Å². The van der Waals surface area contributed by atoms with E-state index in [4.69, 9.17) is 4.74 Å². The Morgan fingerprint density at radius 2 is 1.95 bits per heavy atom. The first-order valence-electron chi connectivity index (χ1n) is 7.27. The molecular formula is C16H24N2O2. The smallest absolute Gasteiger partial charge is 0.337 e. The topological polar surface area (TPSA) is 41.6 Å². The summed E-state index contributed by atoms with van der Waals surface area (Å²) in [5, 5.41) is 3.26. The quantitative estimate of drug-likeness (QED) is 0.834. The van der Waals surface area contributed by atoms with Gasteiger partial charge in [-0.15, -0.1) is 0 Å². The Morgan fingerprint density at radius 1 is 1.30 bits per heavy atom. The molecule has 1 aromatic rings. The van der Waals surface area contributed by atoms with E-state index in [1.165, 1.54) is 25.5 Å². The van der Waals surface area contributed by atoms with Gasteiger partial charge in [0.25, 0.3) is 0 Å². The lowest BCUT2D eigenvalue weighted by Crippen LogP contribution is -2.36. The molecule has 1 N–H and O–H groups in total. The zero-order valence-corrected chi connectivity index (χ0v) is 12.4. The number of nitrogens with one attached hydrogen (secondary N) is 1.